The first-order chi connectivity index (χ1) is 32.6. The average molecular weight is 844 g/mol. The first-order valence-electron chi connectivity index (χ1n) is 22.9. The Morgan fingerprint density at radius 3 is 1.70 bits per heavy atom. The molecule has 0 radical (unpaired) electrons. The van der Waals surface area contributed by atoms with Crippen LogP contribution in [0.4, 0.5) is 17.1 Å². The van der Waals surface area contributed by atoms with Gasteiger partial charge in [-0.3, -0.25) is 0 Å². The number of benzene rings is 12. The van der Waals surface area contributed by atoms with Crippen molar-refractivity contribution in [2.75, 3.05) is 4.90 Å². The van der Waals surface area contributed by atoms with Crippen LogP contribution >= 0.6 is 0 Å². The van der Waals surface area contributed by atoms with Crippen LogP contribution in [-0.2, 0) is 0 Å². The highest BCUT2D eigenvalue weighted by atomic mass is 16.3. The standard InChI is InChI=1S/C63H41NO2/c1-37(2)38-26-30-41(31-27-38)64(56-24-13-23-52-45-18-11-12-25-57(45)66-63(52)56)62-50-21-9-7-19-47(50)60(48-20-8-10-22-51(48)62)40-29-32-46-54-35-55-53(36-59(54)65-58(46)34-40)44-17-6-5-16-43(44)49-33-28-39-14-3-4-15-42(39)61(49)55/h3-37H,1-2H3. The van der Waals surface area contributed by atoms with E-state index in [1.54, 1.807) is 0 Å². The first-order valence-corrected chi connectivity index (χ1v) is 22.9. The minimum Gasteiger partial charge on any atom is -0.456 e. The molecule has 0 amide bonds. The number of para-hydroxylation sites is 2. The van der Waals surface area contributed by atoms with Crippen molar-refractivity contribution < 1.29 is 8.83 Å². The lowest BCUT2D eigenvalue weighted by atomic mass is 9.89. The number of nitrogens with zero attached hydrogens (tertiary/aromatic N) is 1. The Bertz CT molecular complexity index is 4270. The summed E-state index contributed by atoms with van der Waals surface area (Å²) in [5.41, 5.74) is 10.3. The van der Waals surface area contributed by atoms with E-state index in [0.29, 0.717) is 5.92 Å². The lowest BCUT2D eigenvalue weighted by Gasteiger charge is -2.29. The van der Waals surface area contributed by atoms with Gasteiger partial charge in [0.1, 0.15) is 16.7 Å². The van der Waals surface area contributed by atoms with E-state index >= 15 is 0 Å². The van der Waals surface area contributed by atoms with E-state index in [9.17, 15) is 0 Å². The van der Waals surface area contributed by atoms with Crippen LogP contribution in [0.5, 0.6) is 0 Å². The average Bonchev–Trinajstić information content (AvgIpc) is 3.93. The lowest BCUT2D eigenvalue weighted by molar-refractivity contribution is 0.669. The van der Waals surface area contributed by atoms with Crippen molar-refractivity contribution in [3.8, 4) is 11.1 Å². The molecule has 0 saturated heterocycles. The molecule has 2 aromatic heterocycles. The van der Waals surface area contributed by atoms with Crippen molar-refractivity contribution in [2.45, 2.75) is 19.8 Å². The number of fused-ring (bicyclic) bond motifs is 16. The van der Waals surface area contributed by atoms with Crippen LogP contribution in [-0.4, -0.2) is 0 Å². The van der Waals surface area contributed by atoms with Crippen molar-refractivity contribution in [3.63, 3.8) is 0 Å². The third kappa shape index (κ3) is 5.31. The van der Waals surface area contributed by atoms with Gasteiger partial charge < -0.3 is 13.7 Å². The number of rotatable bonds is 5. The van der Waals surface area contributed by atoms with Crippen LogP contribution < -0.4 is 4.90 Å². The summed E-state index contributed by atoms with van der Waals surface area (Å²) in [4.78, 5) is 2.42. The summed E-state index contributed by atoms with van der Waals surface area (Å²) in [5.74, 6) is 0.413. The number of furan rings is 2. The summed E-state index contributed by atoms with van der Waals surface area (Å²) < 4.78 is 13.7. The molecule has 0 atom stereocenters. The fraction of sp³-hybridized carbons (Fsp3) is 0.0476. The van der Waals surface area contributed by atoms with Gasteiger partial charge in [-0.15, -0.1) is 0 Å². The molecule has 2 heterocycles. The van der Waals surface area contributed by atoms with E-state index in [4.69, 9.17) is 8.83 Å². The second-order valence-corrected chi connectivity index (χ2v) is 18.1. The second-order valence-electron chi connectivity index (χ2n) is 18.1. The van der Waals surface area contributed by atoms with Gasteiger partial charge in [-0.2, -0.15) is 0 Å². The maximum atomic E-state index is 6.95. The third-order valence-electron chi connectivity index (χ3n) is 14.2. The molecule has 0 saturated carbocycles. The number of hydrogen-bond donors (Lipinski definition) is 0. The molecule has 0 aliphatic heterocycles. The SMILES string of the molecule is CC(C)c1ccc(N(c2c3ccccc3c(-c3ccc4c(c3)oc3cc5c6ccccc6c6ccc7ccccc7c6c5cc34)c3ccccc23)c2cccc3c2oc2ccccc23)cc1. The molecule has 66 heavy (non-hydrogen) atoms. The largest absolute Gasteiger partial charge is 0.456 e. The van der Waals surface area contributed by atoms with Crippen molar-refractivity contribution in [1.82, 2.24) is 0 Å². The maximum Gasteiger partial charge on any atom is 0.159 e. The molecular formula is C63H41NO2. The minimum atomic E-state index is 0.413. The van der Waals surface area contributed by atoms with E-state index < -0.39 is 0 Å². The lowest BCUT2D eigenvalue weighted by Crippen LogP contribution is -2.12. The molecule has 0 aliphatic carbocycles. The Kier molecular flexibility index (Phi) is 7.88. The van der Waals surface area contributed by atoms with Crippen LogP contribution in [0.1, 0.15) is 25.3 Å². The van der Waals surface area contributed by atoms with Gasteiger partial charge in [-0.1, -0.05) is 172 Å². The highest BCUT2D eigenvalue weighted by Gasteiger charge is 2.26. The predicted octanol–water partition coefficient (Wildman–Crippen LogP) is 18.7. The zero-order valence-electron chi connectivity index (χ0n) is 36.5. The van der Waals surface area contributed by atoms with Crippen LogP contribution in [0.25, 0.3) is 120 Å². The predicted molar refractivity (Wildman–Crippen MR) is 280 cm³/mol. The van der Waals surface area contributed by atoms with E-state index in [1.165, 1.54) is 54.2 Å². The van der Waals surface area contributed by atoms with Crippen molar-refractivity contribution in [2.24, 2.45) is 0 Å². The highest BCUT2D eigenvalue weighted by Crippen LogP contribution is 2.51. The van der Waals surface area contributed by atoms with Crippen LogP contribution in [0, 0.1) is 0 Å². The first kappa shape index (κ1) is 37.0. The molecule has 14 aromatic rings. The Morgan fingerprint density at radius 1 is 0.364 bits per heavy atom. The van der Waals surface area contributed by atoms with Gasteiger partial charge in [0.15, 0.2) is 5.58 Å². The number of hydrogen-bond acceptors (Lipinski definition) is 3. The van der Waals surface area contributed by atoms with Crippen LogP contribution in [0.3, 0.4) is 0 Å². The van der Waals surface area contributed by atoms with Gasteiger partial charge in [0.25, 0.3) is 0 Å². The molecule has 0 spiro atoms. The Morgan fingerprint density at radius 2 is 0.955 bits per heavy atom. The zero-order chi connectivity index (χ0) is 43.6. The normalized spacial score (nSPS) is 12.2. The zero-order valence-corrected chi connectivity index (χ0v) is 36.5. The Balaban J connectivity index is 1.02. The summed E-state index contributed by atoms with van der Waals surface area (Å²) in [6.45, 7) is 4.50. The van der Waals surface area contributed by atoms with Gasteiger partial charge in [0.2, 0.25) is 0 Å². The molecule has 3 heteroatoms. The Hall–Kier alpha value is -8.40. The van der Waals surface area contributed by atoms with E-state index in [0.717, 1.165) is 88.0 Å². The fourth-order valence-corrected chi connectivity index (χ4v) is 11.1. The van der Waals surface area contributed by atoms with Gasteiger partial charge in [0.05, 0.1) is 11.4 Å². The summed E-state index contributed by atoms with van der Waals surface area (Å²) in [5, 5.41) is 19.1. The fourth-order valence-electron chi connectivity index (χ4n) is 11.1. The van der Waals surface area contributed by atoms with Gasteiger partial charge in [0, 0.05) is 38.0 Å². The monoisotopic (exact) mass is 843 g/mol. The molecule has 3 nitrogen and oxygen atoms in total. The topological polar surface area (TPSA) is 29.5 Å². The molecule has 0 unspecified atom stereocenters. The van der Waals surface area contributed by atoms with Crippen LogP contribution in [0.2, 0.25) is 0 Å². The molecule has 0 aliphatic rings. The summed E-state index contributed by atoms with van der Waals surface area (Å²) >= 11 is 0. The molecule has 0 N–H and O–H groups in total. The Labute approximate surface area is 380 Å². The van der Waals surface area contributed by atoms with Crippen LogP contribution in [0.15, 0.2) is 215 Å². The van der Waals surface area contributed by atoms with E-state index in [1.807, 2.05) is 6.07 Å². The molecule has 310 valence electrons. The van der Waals surface area contributed by atoms with E-state index in [-0.39, 0.29) is 0 Å². The van der Waals surface area contributed by atoms with Gasteiger partial charge >= 0.3 is 0 Å². The van der Waals surface area contributed by atoms with E-state index in [2.05, 4.69) is 219 Å². The minimum absolute atomic E-state index is 0.413. The molecule has 12 aromatic carbocycles. The maximum absolute atomic E-state index is 6.95. The third-order valence-corrected chi connectivity index (χ3v) is 14.2. The smallest absolute Gasteiger partial charge is 0.159 e. The van der Waals surface area contributed by atoms with Gasteiger partial charge in [-0.05, 0) is 125 Å². The quantitative estimate of drug-likeness (QED) is 0.128. The molecule has 0 fully saturated rings. The molecular weight excluding hydrogens is 803 g/mol. The second kappa shape index (κ2) is 14.0. The summed E-state index contributed by atoms with van der Waals surface area (Å²) in [6, 6.07) is 75.3. The van der Waals surface area contributed by atoms with Crippen molar-refractivity contribution in [1.29, 1.82) is 0 Å². The molecule has 0 bridgehead atoms. The van der Waals surface area contributed by atoms with Gasteiger partial charge in [-0.25, -0.2) is 0 Å². The molecule has 14 rings (SSSR count). The number of anilines is 3. The van der Waals surface area contributed by atoms with Crippen molar-refractivity contribution >= 4 is 126 Å². The van der Waals surface area contributed by atoms with Crippen molar-refractivity contribution in [3.05, 3.63) is 212 Å². The highest BCUT2D eigenvalue weighted by molar-refractivity contribution is 6.33. The summed E-state index contributed by atoms with van der Waals surface area (Å²) in [6.07, 6.45) is 0. The summed E-state index contributed by atoms with van der Waals surface area (Å²) in [7, 11) is 0.